The van der Waals surface area contributed by atoms with Crippen LogP contribution in [0.4, 0.5) is 13.2 Å². The number of carbonyl (C=O) groups excluding carboxylic acids is 1. The SMILES string of the molecule is O=C(O)CC1(NC(=O)Cc2cccc(C(F)(F)F)c2)CCC1. The highest BCUT2D eigenvalue weighted by molar-refractivity contribution is 5.80. The molecule has 2 N–H and O–H groups in total. The summed E-state index contributed by atoms with van der Waals surface area (Å²) in [5.74, 6) is -1.46. The van der Waals surface area contributed by atoms with Crippen LogP contribution < -0.4 is 5.32 Å². The Morgan fingerprint density at radius 3 is 2.45 bits per heavy atom. The Morgan fingerprint density at radius 1 is 1.27 bits per heavy atom. The summed E-state index contributed by atoms with van der Waals surface area (Å²) in [6.07, 6.45) is -2.84. The summed E-state index contributed by atoms with van der Waals surface area (Å²) in [7, 11) is 0. The number of rotatable bonds is 5. The fourth-order valence-electron chi connectivity index (χ4n) is 2.62. The number of halogens is 3. The molecule has 0 unspecified atom stereocenters. The van der Waals surface area contributed by atoms with Crippen molar-refractivity contribution in [2.75, 3.05) is 0 Å². The van der Waals surface area contributed by atoms with Crippen LogP contribution in [0.2, 0.25) is 0 Å². The zero-order valence-electron chi connectivity index (χ0n) is 11.7. The molecule has 0 bridgehead atoms. The first-order chi connectivity index (χ1) is 10.2. The summed E-state index contributed by atoms with van der Waals surface area (Å²) < 4.78 is 37.9. The van der Waals surface area contributed by atoms with Crippen molar-refractivity contribution < 1.29 is 27.9 Å². The molecular weight excluding hydrogens is 299 g/mol. The molecule has 1 amide bonds. The van der Waals surface area contributed by atoms with E-state index in [1.54, 1.807) is 0 Å². The minimum Gasteiger partial charge on any atom is -0.481 e. The van der Waals surface area contributed by atoms with Crippen molar-refractivity contribution >= 4 is 11.9 Å². The molecule has 1 saturated carbocycles. The van der Waals surface area contributed by atoms with Crippen molar-refractivity contribution in [3.63, 3.8) is 0 Å². The molecule has 1 aliphatic rings. The largest absolute Gasteiger partial charge is 0.481 e. The molecule has 1 aliphatic carbocycles. The molecule has 22 heavy (non-hydrogen) atoms. The average molecular weight is 315 g/mol. The molecule has 0 saturated heterocycles. The average Bonchev–Trinajstić information content (AvgIpc) is 2.34. The van der Waals surface area contributed by atoms with Crippen molar-refractivity contribution in [1.82, 2.24) is 5.32 Å². The number of aliphatic carboxylic acids is 1. The van der Waals surface area contributed by atoms with Crippen LogP contribution >= 0.6 is 0 Å². The Hall–Kier alpha value is -2.05. The van der Waals surface area contributed by atoms with E-state index in [1.165, 1.54) is 12.1 Å². The molecule has 0 aromatic heterocycles. The van der Waals surface area contributed by atoms with Crippen LogP contribution in [-0.2, 0) is 22.2 Å². The first-order valence-electron chi connectivity index (χ1n) is 6.89. The third-order valence-electron chi connectivity index (χ3n) is 3.82. The molecule has 0 heterocycles. The van der Waals surface area contributed by atoms with Crippen LogP contribution in [0.1, 0.15) is 36.8 Å². The van der Waals surface area contributed by atoms with Gasteiger partial charge in [0.15, 0.2) is 0 Å². The topological polar surface area (TPSA) is 66.4 Å². The van der Waals surface area contributed by atoms with Gasteiger partial charge in [0.25, 0.3) is 0 Å². The van der Waals surface area contributed by atoms with Crippen molar-refractivity contribution in [1.29, 1.82) is 0 Å². The molecule has 0 radical (unpaired) electrons. The Kier molecular flexibility index (Phi) is 4.44. The third kappa shape index (κ3) is 3.99. The zero-order chi connectivity index (χ0) is 16.4. The number of benzene rings is 1. The van der Waals surface area contributed by atoms with Crippen molar-refractivity contribution in [3.8, 4) is 0 Å². The van der Waals surface area contributed by atoms with Crippen LogP contribution in [0.15, 0.2) is 24.3 Å². The summed E-state index contributed by atoms with van der Waals surface area (Å²) in [6, 6.07) is 4.57. The van der Waals surface area contributed by atoms with Gasteiger partial charge in [0.05, 0.1) is 23.9 Å². The van der Waals surface area contributed by atoms with Crippen LogP contribution in [0.3, 0.4) is 0 Å². The highest BCUT2D eigenvalue weighted by Gasteiger charge is 2.40. The smallest absolute Gasteiger partial charge is 0.416 e. The van der Waals surface area contributed by atoms with Gasteiger partial charge in [-0.25, -0.2) is 0 Å². The molecule has 2 rings (SSSR count). The molecule has 1 aromatic rings. The van der Waals surface area contributed by atoms with Gasteiger partial charge in [-0.15, -0.1) is 0 Å². The number of carboxylic acid groups (broad SMARTS) is 1. The van der Waals surface area contributed by atoms with Gasteiger partial charge in [0.1, 0.15) is 0 Å². The predicted molar refractivity (Wildman–Crippen MR) is 72.1 cm³/mol. The van der Waals surface area contributed by atoms with Crippen molar-refractivity contribution in [2.45, 2.75) is 43.8 Å². The summed E-state index contributed by atoms with van der Waals surface area (Å²) in [4.78, 5) is 22.8. The van der Waals surface area contributed by atoms with Crippen molar-refractivity contribution in [3.05, 3.63) is 35.4 Å². The van der Waals surface area contributed by atoms with Crippen LogP contribution in [0, 0.1) is 0 Å². The lowest BCUT2D eigenvalue weighted by molar-refractivity contribution is -0.141. The molecule has 4 nitrogen and oxygen atoms in total. The Labute approximate surface area is 125 Å². The predicted octanol–water partition coefficient (Wildman–Crippen LogP) is 2.76. The Balaban J connectivity index is 2.02. The number of nitrogens with one attached hydrogen (secondary N) is 1. The lowest BCUT2D eigenvalue weighted by Crippen LogP contribution is -2.55. The number of hydrogen-bond acceptors (Lipinski definition) is 2. The first-order valence-corrected chi connectivity index (χ1v) is 6.89. The summed E-state index contributed by atoms with van der Waals surface area (Å²) >= 11 is 0. The molecule has 0 spiro atoms. The first kappa shape index (κ1) is 16.3. The Morgan fingerprint density at radius 2 is 1.95 bits per heavy atom. The molecular formula is C15H16F3NO3. The molecule has 1 aromatic carbocycles. The lowest BCUT2D eigenvalue weighted by Gasteiger charge is -2.41. The van der Waals surface area contributed by atoms with Crippen LogP contribution in [0.25, 0.3) is 0 Å². The standard InChI is InChI=1S/C15H16F3NO3/c16-15(17,18)11-4-1-3-10(7-11)8-12(20)19-14(5-2-6-14)9-13(21)22/h1,3-4,7H,2,5-6,8-9H2,(H,19,20)(H,21,22). The molecule has 120 valence electrons. The van der Waals surface area contributed by atoms with Gasteiger partial charge < -0.3 is 10.4 Å². The minimum atomic E-state index is -4.45. The molecule has 7 heteroatoms. The summed E-state index contributed by atoms with van der Waals surface area (Å²) in [5.41, 5.74) is -1.30. The number of alkyl halides is 3. The number of carbonyl (C=O) groups is 2. The fraction of sp³-hybridized carbons (Fsp3) is 0.467. The third-order valence-corrected chi connectivity index (χ3v) is 3.82. The summed E-state index contributed by atoms with van der Waals surface area (Å²) in [5, 5.41) is 11.5. The molecule has 1 fully saturated rings. The summed E-state index contributed by atoms with van der Waals surface area (Å²) in [6.45, 7) is 0. The minimum absolute atomic E-state index is 0.165. The van der Waals surface area contributed by atoms with E-state index in [-0.39, 0.29) is 18.4 Å². The second-order valence-corrected chi connectivity index (χ2v) is 5.63. The quantitative estimate of drug-likeness (QED) is 0.878. The fourth-order valence-corrected chi connectivity index (χ4v) is 2.62. The zero-order valence-corrected chi connectivity index (χ0v) is 11.7. The van der Waals surface area contributed by atoms with E-state index in [0.717, 1.165) is 18.6 Å². The number of carboxylic acids is 1. The maximum absolute atomic E-state index is 12.6. The second kappa shape index (κ2) is 5.98. The van der Waals surface area contributed by atoms with Gasteiger partial charge in [0.2, 0.25) is 5.91 Å². The maximum Gasteiger partial charge on any atom is 0.416 e. The van der Waals surface area contributed by atoms with Gasteiger partial charge in [-0.1, -0.05) is 18.2 Å². The van der Waals surface area contributed by atoms with Gasteiger partial charge in [0, 0.05) is 0 Å². The maximum atomic E-state index is 12.6. The van der Waals surface area contributed by atoms with E-state index >= 15 is 0 Å². The van der Waals surface area contributed by atoms with Gasteiger partial charge in [-0.2, -0.15) is 13.2 Å². The number of amides is 1. The van der Waals surface area contributed by atoms with Crippen molar-refractivity contribution in [2.24, 2.45) is 0 Å². The van der Waals surface area contributed by atoms with E-state index in [0.29, 0.717) is 12.8 Å². The van der Waals surface area contributed by atoms with E-state index in [2.05, 4.69) is 5.32 Å². The monoisotopic (exact) mass is 315 g/mol. The van der Waals surface area contributed by atoms with Gasteiger partial charge in [-0.3, -0.25) is 9.59 Å². The number of hydrogen-bond donors (Lipinski definition) is 2. The lowest BCUT2D eigenvalue weighted by atomic mass is 9.74. The van der Waals surface area contributed by atoms with Crippen LogP contribution in [0.5, 0.6) is 0 Å². The molecule has 0 atom stereocenters. The van der Waals surface area contributed by atoms with E-state index in [9.17, 15) is 22.8 Å². The highest BCUT2D eigenvalue weighted by atomic mass is 19.4. The highest BCUT2D eigenvalue weighted by Crippen LogP contribution is 2.35. The van der Waals surface area contributed by atoms with Crippen LogP contribution in [-0.4, -0.2) is 22.5 Å². The van der Waals surface area contributed by atoms with E-state index < -0.39 is 29.2 Å². The molecule has 0 aliphatic heterocycles. The Bertz CT molecular complexity index is 580. The normalized spacial score (nSPS) is 16.7. The van der Waals surface area contributed by atoms with Gasteiger partial charge in [-0.05, 0) is 30.9 Å². The van der Waals surface area contributed by atoms with E-state index in [1.807, 2.05) is 0 Å². The second-order valence-electron chi connectivity index (χ2n) is 5.63. The van der Waals surface area contributed by atoms with Gasteiger partial charge >= 0.3 is 12.1 Å². The van der Waals surface area contributed by atoms with E-state index in [4.69, 9.17) is 5.11 Å².